The minimum Gasteiger partial charge on any atom is -0.452 e. The molecule has 0 aliphatic heterocycles. The van der Waals surface area contributed by atoms with Crippen molar-refractivity contribution in [2.45, 2.75) is 38.1 Å². The number of anilines is 2. The maximum Gasteiger partial charge on any atom is 0.325 e. The maximum atomic E-state index is 14.8. The second-order valence-corrected chi connectivity index (χ2v) is 9.03. The van der Waals surface area contributed by atoms with E-state index in [0.717, 1.165) is 18.9 Å². The summed E-state index contributed by atoms with van der Waals surface area (Å²) in [5.74, 6) is -2.11. The maximum absolute atomic E-state index is 14.8. The molecule has 0 spiro atoms. The van der Waals surface area contributed by atoms with Gasteiger partial charge in [-0.25, -0.2) is 13.6 Å². The summed E-state index contributed by atoms with van der Waals surface area (Å²) in [6.07, 6.45) is 5.68. The zero-order chi connectivity index (χ0) is 27.1. The number of carbonyl (C=O) groups is 3. The molecule has 9 nitrogen and oxygen atoms in total. The highest BCUT2D eigenvalue weighted by Crippen LogP contribution is 2.32. The van der Waals surface area contributed by atoms with E-state index in [9.17, 15) is 23.2 Å². The SMILES string of the molecule is NC1CCC(C(=O)Nc2cnccc2Oc2ccc(NC(=O)NC(=O)Cc3ccc(F)cc3)cc2F)CC1. The third-order valence-corrected chi connectivity index (χ3v) is 6.12. The Kier molecular flexibility index (Phi) is 8.59. The lowest BCUT2D eigenvalue weighted by Crippen LogP contribution is -2.35. The van der Waals surface area contributed by atoms with E-state index in [1.165, 1.54) is 54.9 Å². The first-order chi connectivity index (χ1) is 18.3. The van der Waals surface area contributed by atoms with E-state index in [-0.39, 0.29) is 41.5 Å². The highest BCUT2D eigenvalue weighted by Gasteiger charge is 2.25. The molecule has 5 N–H and O–H groups in total. The molecule has 0 radical (unpaired) electrons. The highest BCUT2D eigenvalue weighted by molar-refractivity contribution is 6.01. The van der Waals surface area contributed by atoms with Gasteiger partial charge in [-0.2, -0.15) is 0 Å². The number of rotatable bonds is 7. The topological polar surface area (TPSA) is 135 Å². The van der Waals surface area contributed by atoms with E-state index >= 15 is 0 Å². The van der Waals surface area contributed by atoms with Gasteiger partial charge in [0.2, 0.25) is 11.8 Å². The number of nitrogens with one attached hydrogen (secondary N) is 3. The first-order valence-electron chi connectivity index (χ1n) is 12.1. The van der Waals surface area contributed by atoms with E-state index in [1.807, 2.05) is 0 Å². The second kappa shape index (κ2) is 12.2. The third kappa shape index (κ3) is 7.32. The summed E-state index contributed by atoms with van der Waals surface area (Å²) < 4.78 is 33.5. The number of hydrogen-bond donors (Lipinski definition) is 4. The number of carbonyl (C=O) groups excluding carboxylic acids is 3. The van der Waals surface area contributed by atoms with Gasteiger partial charge in [0.15, 0.2) is 17.3 Å². The van der Waals surface area contributed by atoms with E-state index in [2.05, 4.69) is 20.9 Å². The number of ether oxygens (including phenoxy) is 1. The first-order valence-corrected chi connectivity index (χ1v) is 12.1. The van der Waals surface area contributed by atoms with Crippen LogP contribution in [0.3, 0.4) is 0 Å². The molecular formula is C27H27F2N5O4. The largest absolute Gasteiger partial charge is 0.452 e. The van der Waals surface area contributed by atoms with Crippen LogP contribution in [0.25, 0.3) is 0 Å². The van der Waals surface area contributed by atoms with Crippen molar-refractivity contribution in [1.82, 2.24) is 10.3 Å². The molecule has 1 heterocycles. The lowest BCUT2D eigenvalue weighted by molar-refractivity contribution is -0.121. The van der Waals surface area contributed by atoms with Gasteiger partial charge >= 0.3 is 6.03 Å². The van der Waals surface area contributed by atoms with Crippen molar-refractivity contribution >= 4 is 29.2 Å². The van der Waals surface area contributed by atoms with Gasteiger partial charge in [0.25, 0.3) is 0 Å². The summed E-state index contributed by atoms with van der Waals surface area (Å²) in [6, 6.07) is 9.79. The fraction of sp³-hybridized carbons (Fsp3) is 0.259. The molecule has 1 aliphatic carbocycles. The molecule has 2 aromatic carbocycles. The molecule has 0 saturated heterocycles. The van der Waals surface area contributed by atoms with E-state index in [0.29, 0.717) is 24.1 Å². The molecule has 3 aromatic rings. The normalized spacial score (nSPS) is 16.8. The Balaban J connectivity index is 1.34. The Morgan fingerprint density at radius 1 is 0.947 bits per heavy atom. The van der Waals surface area contributed by atoms with Gasteiger partial charge in [0, 0.05) is 36.0 Å². The molecular weight excluding hydrogens is 496 g/mol. The van der Waals surface area contributed by atoms with Crippen molar-refractivity contribution in [2.75, 3.05) is 10.6 Å². The molecule has 0 atom stereocenters. The van der Waals surface area contributed by atoms with Gasteiger partial charge in [-0.3, -0.25) is 19.9 Å². The van der Waals surface area contributed by atoms with Crippen molar-refractivity contribution in [3.05, 3.63) is 78.1 Å². The van der Waals surface area contributed by atoms with Gasteiger partial charge in [-0.15, -0.1) is 0 Å². The number of nitrogens with zero attached hydrogens (tertiary/aromatic N) is 1. The van der Waals surface area contributed by atoms with Crippen LogP contribution in [-0.2, 0) is 16.0 Å². The standard InChI is InChI=1S/C27H27F2N5O4/c28-18-5-1-16(2-6-18)13-25(35)34-27(37)32-20-9-10-23(21(29)14-20)38-24-11-12-31-15-22(24)33-26(36)17-3-7-19(30)8-4-17/h1-2,5-6,9-12,14-15,17,19H,3-4,7-8,13,30H2,(H,33,36)(H2,32,34,35,37). The number of imide groups is 1. The average molecular weight is 524 g/mol. The number of amides is 4. The van der Waals surface area contributed by atoms with Crippen LogP contribution in [-0.4, -0.2) is 28.9 Å². The van der Waals surface area contributed by atoms with Crippen LogP contribution in [0.2, 0.25) is 0 Å². The minimum atomic E-state index is -0.854. The number of benzene rings is 2. The van der Waals surface area contributed by atoms with Gasteiger partial charge in [-0.05, 0) is 55.5 Å². The minimum absolute atomic E-state index is 0.0840. The van der Waals surface area contributed by atoms with Crippen LogP contribution in [0.1, 0.15) is 31.2 Å². The van der Waals surface area contributed by atoms with Gasteiger partial charge in [0.1, 0.15) is 11.5 Å². The molecule has 0 unspecified atom stereocenters. The monoisotopic (exact) mass is 523 g/mol. The summed E-state index contributed by atoms with van der Waals surface area (Å²) in [7, 11) is 0. The Morgan fingerprint density at radius 3 is 2.39 bits per heavy atom. The number of hydrogen-bond acceptors (Lipinski definition) is 6. The van der Waals surface area contributed by atoms with Crippen LogP contribution in [0.5, 0.6) is 11.5 Å². The summed E-state index contributed by atoms with van der Waals surface area (Å²) >= 11 is 0. The Bertz CT molecular complexity index is 1310. The van der Waals surface area contributed by atoms with Gasteiger partial charge < -0.3 is 21.1 Å². The van der Waals surface area contributed by atoms with Crippen LogP contribution < -0.4 is 26.4 Å². The quantitative estimate of drug-likeness (QED) is 0.360. The Labute approximate surface area is 217 Å². The van der Waals surface area contributed by atoms with Crippen LogP contribution in [0.15, 0.2) is 60.9 Å². The third-order valence-electron chi connectivity index (χ3n) is 6.12. The van der Waals surface area contributed by atoms with E-state index < -0.39 is 23.6 Å². The van der Waals surface area contributed by atoms with Crippen molar-refractivity contribution < 1.29 is 27.9 Å². The second-order valence-electron chi connectivity index (χ2n) is 9.03. The average Bonchev–Trinajstić information content (AvgIpc) is 2.88. The van der Waals surface area contributed by atoms with E-state index in [1.54, 1.807) is 0 Å². The molecule has 38 heavy (non-hydrogen) atoms. The first kappa shape index (κ1) is 26.7. The fourth-order valence-electron chi connectivity index (χ4n) is 4.08. The summed E-state index contributed by atoms with van der Waals surface area (Å²) in [5, 5.41) is 7.31. The predicted octanol–water partition coefficient (Wildman–Crippen LogP) is 4.50. The smallest absolute Gasteiger partial charge is 0.325 e. The number of nitrogens with two attached hydrogens (primary N) is 1. The van der Waals surface area contributed by atoms with Crippen LogP contribution in [0, 0.1) is 17.6 Å². The number of aromatic nitrogens is 1. The van der Waals surface area contributed by atoms with E-state index in [4.69, 9.17) is 10.5 Å². The molecule has 0 bridgehead atoms. The Morgan fingerprint density at radius 2 is 1.68 bits per heavy atom. The molecule has 1 saturated carbocycles. The molecule has 4 rings (SSSR count). The van der Waals surface area contributed by atoms with Crippen LogP contribution >= 0.6 is 0 Å². The molecule has 4 amide bonds. The number of halogens is 2. The van der Waals surface area contributed by atoms with Crippen molar-refractivity contribution in [2.24, 2.45) is 11.7 Å². The van der Waals surface area contributed by atoms with Crippen molar-refractivity contribution in [3.8, 4) is 11.5 Å². The predicted molar refractivity (Wildman–Crippen MR) is 137 cm³/mol. The van der Waals surface area contributed by atoms with Crippen molar-refractivity contribution in [3.63, 3.8) is 0 Å². The summed E-state index contributed by atoms with van der Waals surface area (Å²) in [6.45, 7) is 0. The highest BCUT2D eigenvalue weighted by atomic mass is 19.1. The lowest BCUT2D eigenvalue weighted by atomic mass is 9.86. The molecule has 1 aromatic heterocycles. The molecule has 1 aliphatic rings. The number of urea groups is 1. The molecule has 1 fully saturated rings. The summed E-state index contributed by atoms with van der Waals surface area (Å²) in [5.41, 5.74) is 6.83. The summed E-state index contributed by atoms with van der Waals surface area (Å²) in [4.78, 5) is 40.9. The van der Waals surface area contributed by atoms with Crippen molar-refractivity contribution in [1.29, 1.82) is 0 Å². The van der Waals surface area contributed by atoms with Gasteiger partial charge in [-0.1, -0.05) is 12.1 Å². The lowest BCUT2D eigenvalue weighted by Gasteiger charge is -2.25. The molecule has 198 valence electrons. The van der Waals surface area contributed by atoms with Gasteiger partial charge in [0.05, 0.1) is 12.6 Å². The fourth-order valence-corrected chi connectivity index (χ4v) is 4.08. The zero-order valence-corrected chi connectivity index (χ0v) is 20.4. The zero-order valence-electron chi connectivity index (χ0n) is 20.4. The molecule has 11 heteroatoms. The Hall–Kier alpha value is -4.38. The van der Waals surface area contributed by atoms with Crippen LogP contribution in [0.4, 0.5) is 25.0 Å². The number of pyridine rings is 1.